The van der Waals surface area contributed by atoms with Crippen LogP contribution in [0.1, 0.15) is 47.6 Å². The summed E-state index contributed by atoms with van der Waals surface area (Å²) in [6.07, 6.45) is 1.93. The summed E-state index contributed by atoms with van der Waals surface area (Å²) in [6.45, 7) is 4.29. The van der Waals surface area contributed by atoms with Gasteiger partial charge in [0.25, 0.3) is 0 Å². The number of aryl methyl sites for hydroxylation is 1. The molecule has 8 nitrogen and oxygen atoms in total. The van der Waals surface area contributed by atoms with Crippen molar-refractivity contribution in [2.24, 2.45) is 0 Å². The van der Waals surface area contributed by atoms with Gasteiger partial charge < -0.3 is 0 Å². The topological polar surface area (TPSA) is 102 Å². The van der Waals surface area contributed by atoms with E-state index in [1.54, 1.807) is 34.2 Å². The fourth-order valence-electron chi connectivity index (χ4n) is 4.88. The molecule has 0 saturated carbocycles. The number of sulfonamides is 1. The van der Waals surface area contributed by atoms with E-state index in [1.807, 2.05) is 18.2 Å². The normalized spacial score (nSPS) is 22.6. The number of sulfone groups is 1. The van der Waals surface area contributed by atoms with Gasteiger partial charge in [0.2, 0.25) is 10.0 Å². The Bertz CT molecular complexity index is 1350. The average molecular weight is 495 g/mol. The summed E-state index contributed by atoms with van der Waals surface area (Å²) in [4.78, 5) is 4.98. The zero-order chi connectivity index (χ0) is 22.7. The van der Waals surface area contributed by atoms with Crippen LogP contribution in [0.15, 0.2) is 29.2 Å². The Balaban J connectivity index is 1.35. The number of thiazole rings is 1. The molecule has 1 atom stereocenters. The summed E-state index contributed by atoms with van der Waals surface area (Å²) >= 11 is 1.69. The third-order valence-electron chi connectivity index (χ3n) is 6.52. The summed E-state index contributed by atoms with van der Waals surface area (Å²) in [5.41, 5.74) is 1.95. The second-order valence-electron chi connectivity index (χ2n) is 8.70. The van der Waals surface area contributed by atoms with Crippen LogP contribution in [-0.4, -0.2) is 60.5 Å². The lowest BCUT2D eigenvalue weighted by Gasteiger charge is -2.30. The zero-order valence-corrected chi connectivity index (χ0v) is 20.5. The Labute approximate surface area is 192 Å². The van der Waals surface area contributed by atoms with Gasteiger partial charge in [0.15, 0.2) is 9.84 Å². The summed E-state index contributed by atoms with van der Waals surface area (Å²) < 4.78 is 55.1. The fraction of sp³-hybridized carbons (Fsp3) is 0.524. The van der Waals surface area contributed by atoms with Crippen molar-refractivity contribution in [2.45, 2.75) is 50.0 Å². The number of hydrogen-bond acceptors (Lipinski definition) is 7. The highest BCUT2D eigenvalue weighted by Crippen LogP contribution is 2.36. The minimum absolute atomic E-state index is 0.0159. The number of para-hydroxylation sites is 1. The highest BCUT2D eigenvalue weighted by atomic mass is 32.2. The zero-order valence-electron chi connectivity index (χ0n) is 18.1. The Morgan fingerprint density at radius 1 is 1.09 bits per heavy atom. The monoisotopic (exact) mass is 494 g/mol. The van der Waals surface area contributed by atoms with Crippen molar-refractivity contribution in [3.8, 4) is 0 Å². The van der Waals surface area contributed by atoms with E-state index in [9.17, 15) is 16.8 Å². The molecule has 0 aliphatic carbocycles. The van der Waals surface area contributed by atoms with Gasteiger partial charge in [-0.25, -0.2) is 21.8 Å². The Morgan fingerprint density at radius 2 is 1.81 bits per heavy atom. The molecule has 2 saturated heterocycles. The first-order valence-electron chi connectivity index (χ1n) is 10.8. The molecule has 0 unspecified atom stereocenters. The summed E-state index contributed by atoms with van der Waals surface area (Å²) in [5, 5.41) is 5.52. The number of aromatic nitrogens is 3. The van der Waals surface area contributed by atoms with Gasteiger partial charge in [0, 0.05) is 19.0 Å². The van der Waals surface area contributed by atoms with Crippen molar-refractivity contribution >= 4 is 41.4 Å². The predicted molar refractivity (Wildman–Crippen MR) is 124 cm³/mol. The molecule has 32 heavy (non-hydrogen) atoms. The highest BCUT2D eigenvalue weighted by Gasteiger charge is 2.37. The largest absolute Gasteiger partial charge is 0.264 e. The van der Waals surface area contributed by atoms with Crippen LogP contribution >= 0.6 is 11.3 Å². The summed E-state index contributed by atoms with van der Waals surface area (Å²) in [7, 11) is -6.80. The van der Waals surface area contributed by atoms with Gasteiger partial charge >= 0.3 is 0 Å². The summed E-state index contributed by atoms with van der Waals surface area (Å²) in [6, 6.07) is 7.76. The molecule has 0 spiro atoms. The molecule has 2 aromatic heterocycles. The second-order valence-corrected chi connectivity index (χ2v) is 13.9. The van der Waals surface area contributed by atoms with Gasteiger partial charge in [-0.1, -0.05) is 12.1 Å². The molecule has 1 aromatic carbocycles. The van der Waals surface area contributed by atoms with Crippen LogP contribution < -0.4 is 0 Å². The van der Waals surface area contributed by atoms with Gasteiger partial charge in [-0.3, -0.25) is 4.68 Å². The number of hydrogen-bond donors (Lipinski definition) is 0. The third kappa shape index (κ3) is 3.78. The number of fused-ring (bicyclic) bond motifs is 1. The Morgan fingerprint density at radius 3 is 2.47 bits per heavy atom. The SMILES string of the molecule is Cc1nn([C@H]2CCS(=O)(=O)C2)c(C)c1S(=O)(=O)N1CCC(c2nc3ccccc3s2)CC1. The average Bonchev–Trinajstić information content (AvgIpc) is 3.42. The molecule has 0 bridgehead atoms. The van der Waals surface area contributed by atoms with Crippen molar-refractivity contribution in [1.82, 2.24) is 19.1 Å². The molecule has 4 heterocycles. The lowest BCUT2D eigenvalue weighted by Crippen LogP contribution is -2.38. The predicted octanol–water partition coefficient (Wildman–Crippen LogP) is 3.04. The first kappa shape index (κ1) is 22.0. The van der Waals surface area contributed by atoms with E-state index in [-0.39, 0.29) is 28.4 Å². The highest BCUT2D eigenvalue weighted by molar-refractivity contribution is 7.91. The van der Waals surface area contributed by atoms with Gasteiger partial charge in [-0.2, -0.15) is 9.40 Å². The Kier molecular flexibility index (Phi) is 5.43. The van der Waals surface area contributed by atoms with E-state index in [1.165, 1.54) is 0 Å². The number of rotatable bonds is 4. The maximum Gasteiger partial charge on any atom is 0.246 e. The molecule has 2 aliphatic rings. The molecule has 3 aromatic rings. The van der Waals surface area contributed by atoms with Crippen LogP contribution in [0.5, 0.6) is 0 Å². The molecule has 0 amide bonds. The molecule has 0 N–H and O–H groups in total. The number of piperidine rings is 1. The van der Waals surface area contributed by atoms with Crippen LogP contribution in [-0.2, 0) is 19.9 Å². The van der Waals surface area contributed by atoms with E-state index in [0.29, 0.717) is 30.9 Å². The first-order valence-corrected chi connectivity index (χ1v) is 14.9. The smallest absolute Gasteiger partial charge is 0.246 e. The lowest BCUT2D eigenvalue weighted by atomic mass is 9.99. The quantitative estimate of drug-likeness (QED) is 0.552. The molecule has 5 rings (SSSR count). The fourth-order valence-corrected chi connectivity index (χ4v) is 9.54. The van der Waals surface area contributed by atoms with E-state index in [4.69, 9.17) is 4.98 Å². The minimum atomic E-state index is -3.71. The molecule has 11 heteroatoms. The van der Waals surface area contributed by atoms with Crippen LogP contribution in [0, 0.1) is 13.8 Å². The number of nitrogens with zero attached hydrogens (tertiary/aromatic N) is 4. The third-order valence-corrected chi connectivity index (χ3v) is 11.6. The molecular weight excluding hydrogens is 468 g/mol. The molecule has 2 aliphatic heterocycles. The lowest BCUT2D eigenvalue weighted by molar-refractivity contribution is 0.319. The van der Waals surface area contributed by atoms with Crippen LogP contribution in [0.3, 0.4) is 0 Å². The molecule has 172 valence electrons. The maximum absolute atomic E-state index is 13.5. The van der Waals surface area contributed by atoms with Crippen molar-refractivity contribution in [2.75, 3.05) is 24.6 Å². The van der Waals surface area contributed by atoms with E-state index in [0.717, 1.165) is 28.1 Å². The van der Waals surface area contributed by atoms with Gasteiger partial charge in [0.1, 0.15) is 4.90 Å². The van der Waals surface area contributed by atoms with E-state index < -0.39 is 19.9 Å². The number of benzene rings is 1. The van der Waals surface area contributed by atoms with Crippen molar-refractivity contribution < 1.29 is 16.8 Å². The molecule has 2 fully saturated rings. The standard InChI is InChI=1S/C21H26N4O4S3/c1-14-20(15(2)25(23-14)17-9-12-31(26,27)13-17)32(28,29)24-10-7-16(8-11-24)21-22-18-5-3-4-6-19(18)30-21/h3-6,16-17H,7-13H2,1-2H3/t17-/m0/s1. The molecule has 0 radical (unpaired) electrons. The van der Waals surface area contributed by atoms with Crippen molar-refractivity contribution in [3.05, 3.63) is 40.7 Å². The van der Waals surface area contributed by atoms with E-state index in [2.05, 4.69) is 11.2 Å². The van der Waals surface area contributed by atoms with Crippen molar-refractivity contribution in [3.63, 3.8) is 0 Å². The minimum Gasteiger partial charge on any atom is -0.264 e. The summed E-state index contributed by atoms with van der Waals surface area (Å²) in [5.74, 6) is 0.395. The van der Waals surface area contributed by atoms with E-state index >= 15 is 0 Å². The van der Waals surface area contributed by atoms with Crippen molar-refractivity contribution in [1.29, 1.82) is 0 Å². The first-order chi connectivity index (χ1) is 15.2. The van der Waals surface area contributed by atoms with Gasteiger partial charge in [-0.15, -0.1) is 11.3 Å². The van der Waals surface area contributed by atoms with Crippen LogP contribution in [0.25, 0.3) is 10.2 Å². The van der Waals surface area contributed by atoms with Gasteiger partial charge in [0.05, 0.1) is 44.2 Å². The van der Waals surface area contributed by atoms with Gasteiger partial charge in [-0.05, 0) is 45.2 Å². The van der Waals surface area contributed by atoms with Crippen LogP contribution in [0.4, 0.5) is 0 Å². The molecular formula is C21H26N4O4S3. The second kappa shape index (κ2) is 7.89. The maximum atomic E-state index is 13.5. The Hall–Kier alpha value is -1.82. The van der Waals surface area contributed by atoms with Crippen LogP contribution in [0.2, 0.25) is 0 Å².